The quantitative estimate of drug-likeness (QED) is 0.651. The van der Waals surface area contributed by atoms with Crippen molar-refractivity contribution in [2.24, 2.45) is 5.41 Å². The van der Waals surface area contributed by atoms with Crippen LogP contribution in [0, 0.1) is 5.41 Å². The van der Waals surface area contributed by atoms with E-state index < -0.39 is 5.41 Å². The van der Waals surface area contributed by atoms with E-state index in [0.29, 0.717) is 29.8 Å². The van der Waals surface area contributed by atoms with E-state index >= 15 is 0 Å². The Morgan fingerprint density at radius 3 is 2.58 bits per heavy atom. The summed E-state index contributed by atoms with van der Waals surface area (Å²) in [5, 5.41) is 2.72. The van der Waals surface area contributed by atoms with Crippen LogP contribution >= 0.6 is 0 Å². The van der Waals surface area contributed by atoms with Crippen molar-refractivity contribution >= 4 is 29.5 Å². The molecule has 1 aromatic rings. The molecule has 0 aliphatic carbocycles. The summed E-state index contributed by atoms with van der Waals surface area (Å²) >= 11 is 0. The summed E-state index contributed by atoms with van der Waals surface area (Å²) in [6, 6.07) is 4.89. The summed E-state index contributed by atoms with van der Waals surface area (Å²) in [7, 11) is 0. The zero-order chi connectivity index (χ0) is 14.2. The monoisotopic (exact) mass is 260 g/mol. The van der Waals surface area contributed by atoms with Crippen LogP contribution in [0.15, 0.2) is 18.2 Å². The van der Waals surface area contributed by atoms with Gasteiger partial charge in [-0.25, -0.2) is 0 Å². The van der Waals surface area contributed by atoms with Gasteiger partial charge in [0.15, 0.2) is 0 Å². The smallest absolute Gasteiger partial charge is 0.242 e. The first-order valence-electron chi connectivity index (χ1n) is 6.14. The van der Waals surface area contributed by atoms with Gasteiger partial charge in [0.1, 0.15) is 11.7 Å². The second-order valence-corrected chi connectivity index (χ2v) is 5.02. The number of hydrogen-bond donors (Lipinski definition) is 1. The predicted molar refractivity (Wildman–Crippen MR) is 72.3 cm³/mol. The van der Waals surface area contributed by atoms with Crippen LogP contribution in [0.2, 0.25) is 0 Å². The highest BCUT2D eigenvalue weighted by molar-refractivity contribution is 6.19. The summed E-state index contributed by atoms with van der Waals surface area (Å²) in [6.07, 6.45) is 0.709. The lowest BCUT2D eigenvalue weighted by molar-refractivity contribution is -0.136. The summed E-state index contributed by atoms with van der Waals surface area (Å²) in [5.41, 5.74) is 0.450. The van der Waals surface area contributed by atoms with Gasteiger partial charge >= 0.3 is 0 Å². The number of amides is 2. The first-order chi connectivity index (χ1) is 8.91. The second-order valence-electron chi connectivity index (χ2n) is 5.02. The number of nitrogens with one attached hydrogen (secondary N) is 1. The van der Waals surface area contributed by atoms with Gasteiger partial charge in [-0.2, -0.15) is 0 Å². The molecule has 1 aliphatic heterocycles. The number of rotatable bonds is 2. The Kier molecular flexibility index (Phi) is 3.14. The molecular weight excluding hydrogens is 244 g/mol. The normalized spacial score (nSPS) is 17.5. The van der Waals surface area contributed by atoms with Crippen LogP contribution in [-0.2, 0) is 9.59 Å². The lowest BCUT2D eigenvalue weighted by Gasteiger charge is -2.26. The Labute approximate surface area is 111 Å². The van der Waals surface area contributed by atoms with E-state index in [9.17, 15) is 14.4 Å². The van der Waals surface area contributed by atoms with Gasteiger partial charge in [-0.3, -0.25) is 14.4 Å². The Morgan fingerprint density at radius 1 is 1.32 bits per heavy atom. The predicted octanol–water partition coefficient (Wildman–Crippen LogP) is 1.83. The Balaban J connectivity index is 2.62. The summed E-state index contributed by atoms with van der Waals surface area (Å²) in [6.45, 7) is 5.51. The van der Waals surface area contributed by atoms with Gasteiger partial charge in [0, 0.05) is 12.1 Å². The Bertz CT molecular complexity index is 564. The van der Waals surface area contributed by atoms with Crippen LogP contribution in [0.25, 0.3) is 0 Å². The first-order valence-corrected chi connectivity index (χ1v) is 6.14. The maximum Gasteiger partial charge on any atom is 0.242 e. The van der Waals surface area contributed by atoms with Crippen LogP contribution in [0.5, 0.6) is 0 Å². The van der Waals surface area contributed by atoms with Crippen molar-refractivity contribution in [1.29, 1.82) is 0 Å². The molecule has 0 saturated carbocycles. The molecule has 19 heavy (non-hydrogen) atoms. The van der Waals surface area contributed by atoms with E-state index in [-0.39, 0.29) is 11.8 Å². The van der Waals surface area contributed by atoms with Crippen molar-refractivity contribution in [1.82, 2.24) is 0 Å². The third kappa shape index (κ3) is 2.01. The number of aldehydes is 1. The highest BCUT2D eigenvalue weighted by Gasteiger charge is 2.42. The standard InChI is InChI=1S/C14H16N2O3/c1-4-16-11-6-5-9(8-17)7-10(11)15-12(18)14(2,3)13(16)19/h5-8H,4H2,1-3H3,(H,15,18). The molecule has 100 valence electrons. The number of anilines is 2. The number of hydrogen-bond acceptors (Lipinski definition) is 3. The molecule has 0 atom stereocenters. The Hall–Kier alpha value is -2.17. The first kappa shape index (κ1) is 13.3. The number of carbonyl (C=O) groups excluding carboxylic acids is 3. The molecule has 0 unspecified atom stereocenters. The average Bonchev–Trinajstić information content (AvgIpc) is 2.46. The van der Waals surface area contributed by atoms with Gasteiger partial charge in [0.25, 0.3) is 0 Å². The molecule has 5 nitrogen and oxygen atoms in total. The average molecular weight is 260 g/mol. The molecule has 2 amide bonds. The zero-order valence-electron chi connectivity index (χ0n) is 11.2. The molecule has 0 radical (unpaired) electrons. The summed E-state index contributed by atoms with van der Waals surface area (Å²) in [4.78, 5) is 36.9. The molecule has 1 N–H and O–H groups in total. The third-order valence-corrected chi connectivity index (χ3v) is 3.36. The molecule has 0 aromatic heterocycles. The minimum atomic E-state index is -1.13. The molecule has 5 heteroatoms. The lowest BCUT2D eigenvalue weighted by atomic mass is 9.91. The van der Waals surface area contributed by atoms with Gasteiger partial charge in [-0.1, -0.05) is 0 Å². The minimum absolute atomic E-state index is 0.245. The van der Waals surface area contributed by atoms with Gasteiger partial charge in [-0.05, 0) is 39.0 Å². The SMILES string of the molecule is CCN1C(=O)C(C)(C)C(=O)Nc2cc(C=O)ccc21. The van der Waals surface area contributed by atoms with Gasteiger partial charge in [0.05, 0.1) is 11.4 Å². The van der Waals surface area contributed by atoms with Crippen molar-refractivity contribution < 1.29 is 14.4 Å². The van der Waals surface area contributed by atoms with E-state index in [2.05, 4.69) is 5.32 Å². The molecule has 0 spiro atoms. The van der Waals surface area contributed by atoms with Crippen LogP contribution < -0.4 is 10.2 Å². The van der Waals surface area contributed by atoms with E-state index in [0.717, 1.165) is 0 Å². The summed E-state index contributed by atoms with van der Waals surface area (Å²) in [5.74, 6) is -0.608. The number of benzene rings is 1. The fourth-order valence-electron chi connectivity index (χ4n) is 2.10. The van der Waals surface area contributed by atoms with Crippen molar-refractivity contribution in [3.63, 3.8) is 0 Å². The van der Waals surface area contributed by atoms with E-state index in [1.807, 2.05) is 6.92 Å². The summed E-state index contributed by atoms with van der Waals surface area (Å²) < 4.78 is 0. The van der Waals surface area contributed by atoms with Gasteiger partial charge < -0.3 is 10.2 Å². The van der Waals surface area contributed by atoms with Gasteiger partial charge in [0.2, 0.25) is 11.8 Å². The van der Waals surface area contributed by atoms with Crippen LogP contribution in [-0.4, -0.2) is 24.6 Å². The minimum Gasteiger partial charge on any atom is -0.323 e. The maximum absolute atomic E-state index is 12.4. The molecular formula is C14H16N2O3. The second kappa shape index (κ2) is 4.50. The van der Waals surface area contributed by atoms with Gasteiger partial charge in [-0.15, -0.1) is 0 Å². The van der Waals surface area contributed by atoms with Crippen LogP contribution in [0.3, 0.4) is 0 Å². The molecule has 0 bridgehead atoms. The molecule has 1 heterocycles. The fourth-order valence-corrected chi connectivity index (χ4v) is 2.10. The van der Waals surface area contributed by atoms with Crippen molar-refractivity contribution in [3.8, 4) is 0 Å². The fraction of sp³-hybridized carbons (Fsp3) is 0.357. The molecule has 0 fully saturated rings. The van der Waals surface area contributed by atoms with Crippen LogP contribution in [0.4, 0.5) is 11.4 Å². The number of carbonyl (C=O) groups is 3. The van der Waals surface area contributed by atoms with E-state index in [1.54, 1.807) is 36.9 Å². The molecule has 2 rings (SSSR count). The maximum atomic E-state index is 12.4. The molecule has 0 saturated heterocycles. The largest absolute Gasteiger partial charge is 0.323 e. The third-order valence-electron chi connectivity index (χ3n) is 3.36. The van der Waals surface area contributed by atoms with Crippen LogP contribution in [0.1, 0.15) is 31.1 Å². The van der Waals surface area contributed by atoms with Crippen molar-refractivity contribution in [3.05, 3.63) is 23.8 Å². The lowest BCUT2D eigenvalue weighted by Crippen LogP contribution is -2.45. The molecule has 1 aliphatic rings. The topological polar surface area (TPSA) is 66.5 Å². The Morgan fingerprint density at radius 2 is 2.00 bits per heavy atom. The van der Waals surface area contributed by atoms with E-state index in [4.69, 9.17) is 0 Å². The van der Waals surface area contributed by atoms with E-state index in [1.165, 1.54) is 0 Å². The van der Waals surface area contributed by atoms with Crippen molar-refractivity contribution in [2.75, 3.05) is 16.8 Å². The highest BCUT2D eigenvalue weighted by Crippen LogP contribution is 2.35. The highest BCUT2D eigenvalue weighted by atomic mass is 16.2. The number of fused-ring (bicyclic) bond motifs is 1. The molecule has 1 aromatic carbocycles. The van der Waals surface area contributed by atoms with Crippen molar-refractivity contribution in [2.45, 2.75) is 20.8 Å². The zero-order valence-corrected chi connectivity index (χ0v) is 11.2. The number of nitrogens with zero attached hydrogens (tertiary/aromatic N) is 1.